The lowest BCUT2D eigenvalue weighted by molar-refractivity contribution is -0.127. The van der Waals surface area contributed by atoms with E-state index in [-0.39, 0.29) is 17.9 Å². The Kier molecular flexibility index (Phi) is 5.74. The van der Waals surface area contributed by atoms with Crippen molar-refractivity contribution < 1.29 is 9.59 Å². The Morgan fingerprint density at radius 2 is 1.72 bits per heavy atom. The Morgan fingerprint density at radius 3 is 2.38 bits per heavy atom. The molecular formula is C25H31ClN4O2. The average Bonchev–Trinajstić information content (AvgIpc) is 3.51. The van der Waals surface area contributed by atoms with Crippen molar-refractivity contribution in [3.63, 3.8) is 0 Å². The summed E-state index contributed by atoms with van der Waals surface area (Å²) in [6.45, 7) is 2.20. The highest BCUT2D eigenvalue weighted by Crippen LogP contribution is 2.41. The smallest absolute Gasteiger partial charge is 0.277 e. The van der Waals surface area contributed by atoms with E-state index in [1.165, 1.54) is 19.3 Å². The number of nitrogens with one attached hydrogen (secondary N) is 1. The Balaban J connectivity index is 1.49. The first-order valence-electron chi connectivity index (χ1n) is 11.9. The van der Waals surface area contributed by atoms with Crippen LogP contribution in [-0.2, 0) is 11.3 Å². The third-order valence-corrected chi connectivity index (χ3v) is 7.43. The first-order valence-corrected chi connectivity index (χ1v) is 12.3. The summed E-state index contributed by atoms with van der Waals surface area (Å²) < 4.78 is 1.75. The molecule has 7 heteroatoms. The summed E-state index contributed by atoms with van der Waals surface area (Å²) in [5.41, 5.74) is 1.12. The second-order valence-electron chi connectivity index (χ2n) is 9.79. The highest BCUT2D eigenvalue weighted by Gasteiger charge is 2.49. The number of fused-ring (bicyclic) bond motifs is 1. The lowest BCUT2D eigenvalue weighted by atomic mass is 9.91. The fourth-order valence-electron chi connectivity index (χ4n) is 5.12. The first kappa shape index (κ1) is 21.5. The molecule has 3 aliphatic rings. The van der Waals surface area contributed by atoms with Gasteiger partial charge in [0.2, 0.25) is 5.91 Å². The lowest BCUT2D eigenvalue weighted by Gasteiger charge is -2.43. The topological polar surface area (TPSA) is 67.2 Å². The number of carbonyl (C=O) groups is 2. The summed E-state index contributed by atoms with van der Waals surface area (Å²) in [5, 5.41) is 8.62. The van der Waals surface area contributed by atoms with Gasteiger partial charge in [-0.25, -0.2) is 0 Å². The Hall–Kier alpha value is -2.34. The number of halogens is 1. The van der Waals surface area contributed by atoms with Gasteiger partial charge >= 0.3 is 0 Å². The average molecular weight is 455 g/mol. The largest absolute Gasteiger partial charge is 0.351 e. The predicted octanol–water partition coefficient (Wildman–Crippen LogP) is 5.06. The predicted molar refractivity (Wildman–Crippen MR) is 125 cm³/mol. The number of nitrogens with zero attached hydrogens (tertiary/aromatic N) is 3. The molecule has 0 saturated heterocycles. The van der Waals surface area contributed by atoms with Crippen LogP contribution in [0.5, 0.6) is 0 Å². The molecule has 170 valence electrons. The van der Waals surface area contributed by atoms with Crippen molar-refractivity contribution in [3.8, 4) is 0 Å². The number of benzene rings is 1. The third kappa shape index (κ3) is 4.05. The molecular weight excluding hydrogens is 424 g/mol. The fourth-order valence-corrected chi connectivity index (χ4v) is 5.24. The van der Waals surface area contributed by atoms with Gasteiger partial charge in [0.05, 0.1) is 12.2 Å². The minimum atomic E-state index is -1.08. The van der Waals surface area contributed by atoms with Crippen LogP contribution in [0.3, 0.4) is 0 Å². The maximum atomic E-state index is 13.8. The molecule has 1 atom stereocenters. The van der Waals surface area contributed by atoms with E-state index in [0.717, 1.165) is 44.2 Å². The van der Waals surface area contributed by atoms with E-state index in [1.807, 2.05) is 25.1 Å². The summed E-state index contributed by atoms with van der Waals surface area (Å²) in [6, 6.07) is 9.22. The van der Waals surface area contributed by atoms with E-state index in [2.05, 4.69) is 5.32 Å². The molecule has 2 aliphatic carbocycles. The summed E-state index contributed by atoms with van der Waals surface area (Å²) in [6.07, 6.45) is 10.2. The Bertz CT molecular complexity index is 1010. The first-order chi connectivity index (χ1) is 15.5. The summed E-state index contributed by atoms with van der Waals surface area (Å²) in [4.78, 5) is 29.1. The number of amides is 2. The van der Waals surface area contributed by atoms with Gasteiger partial charge in [0.15, 0.2) is 0 Å². The quantitative estimate of drug-likeness (QED) is 0.701. The maximum Gasteiger partial charge on any atom is 0.277 e. The second kappa shape index (κ2) is 8.54. The van der Waals surface area contributed by atoms with Gasteiger partial charge < -0.3 is 5.32 Å². The number of anilines is 1. The molecule has 2 fully saturated rings. The fraction of sp³-hybridized carbons (Fsp3) is 0.560. The third-order valence-electron chi connectivity index (χ3n) is 7.18. The minimum Gasteiger partial charge on any atom is -0.351 e. The van der Waals surface area contributed by atoms with Gasteiger partial charge in [-0.15, -0.1) is 0 Å². The number of hydrogen-bond donors (Lipinski definition) is 1. The molecule has 2 saturated carbocycles. The van der Waals surface area contributed by atoms with Gasteiger partial charge in [0.25, 0.3) is 5.91 Å². The molecule has 1 aromatic heterocycles. The van der Waals surface area contributed by atoms with E-state index in [4.69, 9.17) is 16.7 Å². The lowest BCUT2D eigenvalue weighted by Crippen LogP contribution is -2.65. The van der Waals surface area contributed by atoms with Crippen LogP contribution in [0.4, 0.5) is 5.69 Å². The molecule has 2 amide bonds. The van der Waals surface area contributed by atoms with E-state index in [1.54, 1.807) is 21.7 Å². The number of carbonyl (C=O) groups excluding carboxylic acids is 2. The van der Waals surface area contributed by atoms with E-state index >= 15 is 0 Å². The van der Waals surface area contributed by atoms with Crippen molar-refractivity contribution in [2.24, 2.45) is 0 Å². The van der Waals surface area contributed by atoms with Crippen molar-refractivity contribution in [3.05, 3.63) is 46.7 Å². The number of hydrogen-bond acceptors (Lipinski definition) is 3. The van der Waals surface area contributed by atoms with Crippen molar-refractivity contribution in [1.29, 1.82) is 0 Å². The molecule has 0 bridgehead atoms. The molecule has 0 radical (unpaired) electrons. The van der Waals surface area contributed by atoms with Gasteiger partial charge in [0, 0.05) is 22.7 Å². The number of rotatable bonds is 4. The highest BCUT2D eigenvalue weighted by molar-refractivity contribution is 6.30. The van der Waals surface area contributed by atoms with Gasteiger partial charge in [-0.1, -0.05) is 43.7 Å². The van der Waals surface area contributed by atoms with Gasteiger partial charge in [-0.05, 0) is 62.9 Å². The Morgan fingerprint density at radius 1 is 1.06 bits per heavy atom. The van der Waals surface area contributed by atoms with Crippen LogP contribution in [0, 0.1) is 0 Å². The van der Waals surface area contributed by atoms with Crippen LogP contribution in [0.1, 0.15) is 86.8 Å². The molecule has 1 aliphatic heterocycles. The molecule has 2 aromatic rings. The van der Waals surface area contributed by atoms with Gasteiger partial charge in [0.1, 0.15) is 11.2 Å². The molecule has 32 heavy (non-hydrogen) atoms. The van der Waals surface area contributed by atoms with Gasteiger partial charge in [-0.2, -0.15) is 5.10 Å². The highest BCUT2D eigenvalue weighted by atomic mass is 35.5. The monoisotopic (exact) mass is 454 g/mol. The molecule has 1 aromatic carbocycles. The Labute approximate surface area is 194 Å². The van der Waals surface area contributed by atoms with Crippen molar-refractivity contribution >= 4 is 29.1 Å². The SMILES string of the molecule is CC1(C(=O)NC2CCCCCCC2)Cn2nc(C3CC3)cc2C(=O)N1c1ccc(Cl)cc1. The molecule has 2 heterocycles. The van der Waals surface area contributed by atoms with E-state index in [0.29, 0.717) is 28.9 Å². The summed E-state index contributed by atoms with van der Waals surface area (Å²) >= 11 is 6.11. The van der Waals surface area contributed by atoms with Crippen LogP contribution < -0.4 is 10.2 Å². The van der Waals surface area contributed by atoms with E-state index < -0.39 is 5.54 Å². The minimum absolute atomic E-state index is 0.111. The summed E-state index contributed by atoms with van der Waals surface area (Å²) in [5.74, 6) is 0.147. The van der Waals surface area contributed by atoms with Gasteiger partial charge in [-0.3, -0.25) is 19.2 Å². The van der Waals surface area contributed by atoms with Crippen LogP contribution >= 0.6 is 11.6 Å². The molecule has 0 spiro atoms. The van der Waals surface area contributed by atoms with Crippen LogP contribution in [0.2, 0.25) is 5.02 Å². The van der Waals surface area contributed by atoms with Crippen LogP contribution in [-0.4, -0.2) is 33.2 Å². The second-order valence-corrected chi connectivity index (χ2v) is 10.2. The molecule has 6 nitrogen and oxygen atoms in total. The summed E-state index contributed by atoms with van der Waals surface area (Å²) in [7, 11) is 0. The molecule has 1 unspecified atom stereocenters. The zero-order chi connectivity index (χ0) is 22.3. The van der Waals surface area contributed by atoms with Crippen molar-refractivity contribution in [2.75, 3.05) is 4.90 Å². The number of aromatic nitrogens is 2. The van der Waals surface area contributed by atoms with E-state index in [9.17, 15) is 9.59 Å². The zero-order valence-electron chi connectivity index (χ0n) is 18.6. The maximum absolute atomic E-state index is 13.8. The normalized spacial score (nSPS) is 24.6. The van der Waals surface area contributed by atoms with Crippen molar-refractivity contribution in [2.45, 2.75) is 88.8 Å². The zero-order valence-corrected chi connectivity index (χ0v) is 19.4. The molecule has 5 rings (SSSR count). The van der Waals surface area contributed by atoms with Crippen LogP contribution in [0.25, 0.3) is 0 Å². The van der Waals surface area contributed by atoms with Crippen molar-refractivity contribution in [1.82, 2.24) is 15.1 Å². The standard InChI is InChI=1S/C25H31ClN4O2/c1-25(24(32)27-19-7-5-3-2-4-6-8-19)16-29-22(15-21(28-29)17-9-10-17)23(31)30(25)20-13-11-18(26)12-14-20/h11-15,17,19H,2-10,16H2,1H3,(H,27,32). The molecule has 1 N–H and O–H groups in total. The van der Waals surface area contributed by atoms with Crippen LogP contribution in [0.15, 0.2) is 30.3 Å².